The van der Waals surface area contributed by atoms with E-state index in [1.165, 1.54) is 10.6 Å². The van der Waals surface area contributed by atoms with Gasteiger partial charge in [-0.25, -0.2) is 8.42 Å². The zero-order valence-electron chi connectivity index (χ0n) is 17.2. The maximum atomic E-state index is 12.5. The molecule has 0 aromatic carbocycles. The molecular formula is C18H31IN6O4S. The first-order valence-corrected chi connectivity index (χ1v) is 11.7. The monoisotopic (exact) mass is 554 g/mol. The second-order valence-corrected chi connectivity index (χ2v) is 9.35. The molecule has 0 bridgehead atoms. The van der Waals surface area contributed by atoms with Gasteiger partial charge < -0.3 is 20.1 Å². The summed E-state index contributed by atoms with van der Waals surface area (Å²) in [4.78, 5) is 18.2. The molecule has 0 radical (unpaired) electrons. The van der Waals surface area contributed by atoms with Crippen LogP contribution >= 0.6 is 24.0 Å². The van der Waals surface area contributed by atoms with E-state index in [0.717, 1.165) is 31.6 Å². The average Bonchev–Trinajstić information content (AvgIpc) is 3.16. The number of guanidine groups is 1. The molecule has 30 heavy (non-hydrogen) atoms. The van der Waals surface area contributed by atoms with Gasteiger partial charge in [-0.15, -0.1) is 24.0 Å². The molecule has 2 fully saturated rings. The number of carbonyl (C=O) groups is 1. The van der Waals surface area contributed by atoms with E-state index in [-0.39, 0.29) is 41.6 Å². The van der Waals surface area contributed by atoms with Crippen LogP contribution in [-0.4, -0.2) is 81.0 Å². The van der Waals surface area contributed by atoms with Crippen LogP contribution in [-0.2, 0) is 20.6 Å². The van der Waals surface area contributed by atoms with Crippen molar-refractivity contribution in [1.82, 2.24) is 25.0 Å². The minimum absolute atomic E-state index is 0. The maximum absolute atomic E-state index is 12.5. The van der Waals surface area contributed by atoms with Crippen LogP contribution in [0.25, 0.3) is 0 Å². The number of halogens is 1. The lowest BCUT2D eigenvalue weighted by Gasteiger charge is -2.35. The first kappa shape index (κ1) is 24.9. The van der Waals surface area contributed by atoms with Crippen LogP contribution in [0.1, 0.15) is 31.4 Å². The smallest absolute Gasteiger partial charge is 0.223 e. The standard InChI is InChI=1S/C18H30N6O4S.HI/c1-19-18(21-8-3-7-20-17(25)15-4-2-5-15)23-9-11-24(12-10-23)29(26,27)14-16-6-13-28-22-16;/h6,13,15H,2-5,7-12,14H2,1H3,(H,19,21)(H,20,25);1H. The fourth-order valence-corrected chi connectivity index (χ4v) is 4.84. The number of amides is 1. The summed E-state index contributed by atoms with van der Waals surface area (Å²) in [6.45, 7) is 3.28. The third-order valence-corrected chi connectivity index (χ3v) is 7.19. The van der Waals surface area contributed by atoms with Crippen molar-refractivity contribution >= 4 is 45.9 Å². The summed E-state index contributed by atoms with van der Waals surface area (Å²) in [7, 11) is -1.70. The van der Waals surface area contributed by atoms with Crippen molar-refractivity contribution in [1.29, 1.82) is 0 Å². The van der Waals surface area contributed by atoms with E-state index in [1.807, 2.05) is 0 Å². The van der Waals surface area contributed by atoms with E-state index < -0.39 is 10.0 Å². The predicted octanol–water partition coefficient (Wildman–Crippen LogP) is 0.622. The molecule has 2 aliphatic rings. The Kier molecular flexibility index (Phi) is 9.81. The summed E-state index contributed by atoms with van der Waals surface area (Å²) in [5.41, 5.74) is 0.411. The molecule has 1 saturated carbocycles. The van der Waals surface area contributed by atoms with Crippen molar-refractivity contribution in [3.63, 3.8) is 0 Å². The highest BCUT2D eigenvalue weighted by atomic mass is 127. The van der Waals surface area contributed by atoms with Gasteiger partial charge in [0.1, 0.15) is 12.0 Å². The third kappa shape index (κ3) is 6.80. The van der Waals surface area contributed by atoms with Gasteiger partial charge in [-0.1, -0.05) is 11.6 Å². The van der Waals surface area contributed by atoms with E-state index in [1.54, 1.807) is 13.1 Å². The third-order valence-electron chi connectivity index (χ3n) is 5.38. The number of aliphatic imine (C=N–C) groups is 1. The van der Waals surface area contributed by atoms with Crippen molar-refractivity contribution in [2.24, 2.45) is 10.9 Å². The fourth-order valence-electron chi connectivity index (χ4n) is 3.42. The molecule has 1 amide bonds. The Bertz CT molecular complexity index is 790. The van der Waals surface area contributed by atoms with Gasteiger partial charge in [0.25, 0.3) is 0 Å². The fraction of sp³-hybridized carbons (Fsp3) is 0.722. The van der Waals surface area contributed by atoms with Gasteiger partial charge in [0.15, 0.2) is 5.96 Å². The molecule has 0 unspecified atom stereocenters. The van der Waals surface area contributed by atoms with E-state index in [2.05, 4.69) is 25.7 Å². The van der Waals surface area contributed by atoms with Crippen molar-refractivity contribution in [3.8, 4) is 0 Å². The van der Waals surface area contributed by atoms with Gasteiger partial charge in [0.05, 0.1) is 5.69 Å². The molecule has 170 valence electrons. The molecule has 10 nitrogen and oxygen atoms in total. The van der Waals surface area contributed by atoms with Gasteiger partial charge in [0, 0.05) is 58.3 Å². The lowest BCUT2D eigenvalue weighted by Crippen LogP contribution is -2.54. The topological polar surface area (TPSA) is 120 Å². The molecular weight excluding hydrogens is 523 g/mol. The van der Waals surface area contributed by atoms with Gasteiger partial charge in [-0.3, -0.25) is 9.79 Å². The molecule has 1 aliphatic heterocycles. The van der Waals surface area contributed by atoms with Crippen molar-refractivity contribution in [2.45, 2.75) is 31.4 Å². The number of nitrogens with zero attached hydrogens (tertiary/aromatic N) is 4. The average molecular weight is 554 g/mol. The summed E-state index contributed by atoms with van der Waals surface area (Å²) in [5, 5.41) is 9.96. The summed E-state index contributed by atoms with van der Waals surface area (Å²) < 4.78 is 31.2. The Balaban J connectivity index is 0.00000320. The van der Waals surface area contributed by atoms with Crippen LogP contribution in [0.5, 0.6) is 0 Å². The van der Waals surface area contributed by atoms with E-state index in [0.29, 0.717) is 45.0 Å². The second kappa shape index (κ2) is 11.8. The van der Waals surface area contributed by atoms with Gasteiger partial charge in [0.2, 0.25) is 15.9 Å². The first-order chi connectivity index (χ1) is 14.0. The summed E-state index contributed by atoms with van der Waals surface area (Å²) in [6.07, 6.45) is 5.36. The highest BCUT2D eigenvalue weighted by Crippen LogP contribution is 2.26. The van der Waals surface area contributed by atoms with Crippen LogP contribution < -0.4 is 10.6 Å². The van der Waals surface area contributed by atoms with Crippen LogP contribution in [0.4, 0.5) is 0 Å². The maximum Gasteiger partial charge on any atom is 0.223 e. The molecule has 2 heterocycles. The molecule has 1 aromatic heterocycles. The quantitative estimate of drug-likeness (QED) is 0.209. The molecule has 1 aromatic rings. The summed E-state index contributed by atoms with van der Waals surface area (Å²) >= 11 is 0. The molecule has 12 heteroatoms. The Morgan fingerprint density at radius 1 is 1.23 bits per heavy atom. The minimum Gasteiger partial charge on any atom is -0.364 e. The van der Waals surface area contributed by atoms with Crippen LogP contribution in [0.3, 0.4) is 0 Å². The zero-order valence-corrected chi connectivity index (χ0v) is 20.4. The van der Waals surface area contributed by atoms with E-state index in [9.17, 15) is 13.2 Å². The Morgan fingerprint density at radius 3 is 2.50 bits per heavy atom. The summed E-state index contributed by atoms with van der Waals surface area (Å²) in [6, 6.07) is 1.56. The number of nitrogens with one attached hydrogen (secondary N) is 2. The van der Waals surface area contributed by atoms with Gasteiger partial charge >= 0.3 is 0 Å². The van der Waals surface area contributed by atoms with Crippen LogP contribution in [0, 0.1) is 5.92 Å². The number of hydrogen-bond donors (Lipinski definition) is 2. The highest BCUT2D eigenvalue weighted by Gasteiger charge is 2.29. The number of piperazine rings is 1. The lowest BCUT2D eigenvalue weighted by molar-refractivity contribution is -0.127. The number of carbonyl (C=O) groups excluding carboxylic acids is 1. The van der Waals surface area contributed by atoms with Gasteiger partial charge in [-0.2, -0.15) is 4.31 Å². The highest BCUT2D eigenvalue weighted by molar-refractivity contribution is 14.0. The van der Waals surface area contributed by atoms with E-state index in [4.69, 9.17) is 4.52 Å². The lowest BCUT2D eigenvalue weighted by atomic mass is 9.85. The largest absolute Gasteiger partial charge is 0.364 e. The van der Waals surface area contributed by atoms with Crippen molar-refractivity contribution < 1.29 is 17.7 Å². The molecule has 0 atom stereocenters. The second-order valence-electron chi connectivity index (χ2n) is 7.38. The van der Waals surface area contributed by atoms with Gasteiger partial charge in [-0.05, 0) is 19.3 Å². The van der Waals surface area contributed by atoms with Crippen LogP contribution in [0.2, 0.25) is 0 Å². The molecule has 0 spiro atoms. The van der Waals surface area contributed by atoms with Crippen LogP contribution in [0.15, 0.2) is 21.8 Å². The Labute approximate surface area is 194 Å². The normalized spacial score (nSPS) is 18.4. The minimum atomic E-state index is -3.42. The number of rotatable bonds is 8. The molecule has 2 N–H and O–H groups in total. The molecule has 1 aliphatic carbocycles. The first-order valence-electron chi connectivity index (χ1n) is 10.1. The Hall–Kier alpha value is -1.41. The Morgan fingerprint density at radius 2 is 1.93 bits per heavy atom. The van der Waals surface area contributed by atoms with Crippen molar-refractivity contribution in [3.05, 3.63) is 18.0 Å². The number of sulfonamides is 1. The van der Waals surface area contributed by atoms with Crippen molar-refractivity contribution in [2.75, 3.05) is 46.3 Å². The predicted molar refractivity (Wildman–Crippen MR) is 124 cm³/mol. The SMILES string of the molecule is CN=C(NCCCNC(=O)C1CCC1)N1CCN(S(=O)(=O)Cc2ccon2)CC1.I. The molecule has 3 rings (SSSR count). The number of aromatic nitrogens is 1. The molecule has 1 saturated heterocycles. The van der Waals surface area contributed by atoms with E-state index >= 15 is 0 Å². The summed E-state index contributed by atoms with van der Waals surface area (Å²) in [5.74, 6) is 0.989. The zero-order chi connectivity index (χ0) is 20.7. The number of hydrogen-bond acceptors (Lipinski definition) is 6.